The van der Waals surface area contributed by atoms with E-state index < -0.39 is 6.10 Å². The van der Waals surface area contributed by atoms with E-state index in [1.54, 1.807) is 6.20 Å². The van der Waals surface area contributed by atoms with Crippen LogP contribution in [0.3, 0.4) is 0 Å². The second kappa shape index (κ2) is 5.54. The molecule has 2 heterocycles. The van der Waals surface area contributed by atoms with Crippen molar-refractivity contribution >= 4 is 15.9 Å². The van der Waals surface area contributed by atoms with Gasteiger partial charge in [-0.15, -0.1) is 0 Å². The highest BCUT2D eigenvalue weighted by Crippen LogP contribution is 2.35. The van der Waals surface area contributed by atoms with Gasteiger partial charge in [-0.2, -0.15) is 0 Å². The monoisotopic (exact) mass is 333 g/mol. The highest BCUT2D eigenvalue weighted by molar-refractivity contribution is 9.10. The van der Waals surface area contributed by atoms with Crippen LogP contribution in [0, 0.1) is 6.92 Å². The summed E-state index contributed by atoms with van der Waals surface area (Å²) in [5.41, 5.74) is 3.98. The summed E-state index contributed by atoms with van der Waals surface area (Å²) in [5.74, 6) is 0.931. The number of aliphatic hydroxyl groups is 1. The summed E-state index contributed by atoms with van der Waals surface area (Å²) in [6, 6.07) is 7.95. The van der Waals surface area contributed by atoms with Gasteiger partial charge in [0.2, 0.25) is 0 Å². The fraction of sp³-hybridized carbons (Fsp3) is 0.312. The standard InChI is InChI=1S/C16H16BrNO2/c1-10-3-2-5-18-15(10)14(19)9-12-8-13(17)7-11-4-6-20-16(11)12/h2-3,5,7-8,14,19H,4,6,9H2,1H3. The Hall–Kier alpha value is -1.39. The van der Waals surface area contributed by atoms with Gasteiger partial charge in [0.1, 0.15) is 11.9 Å². The van der Waals surface area contributed by atoms with E-state index in [0.717, 1.165) is 40.1 Å². The molecule has 0 saturated heterocycles. The highest BCUT2D eigenvalue weighted by Gasteiger charge is 2.21. The van der Waals surface area contributed by atoms with Crippen LogP contribution in [-0.4, -0.2) is 16.7 Å². The lowest BCUT2D eigenvalue weighted by atomic mass is 9.99. The first-order chi connectivity index (χ1) is 9.65. The summed E-state index contributed by atoms with van der Waals surface area (Å²) in [6.07, 6.45) is 2.55. The normalized spacial score (nSPS) is 14.8. The molecule has 0 saturated carbocycles. The third kappa shape index (κ3) is 2.58. The molecule has 1 atom stereocenters. The Kier molecular flexibility index (Phi) is 3.76. The predicted octanol–water partition coefficient (Wildman–Crippen LogP) is 3.36. The molecular weight excluding hydrogens is 318 g/mol. The van der Waals surface area contributed by atoms with Crippen molar-refractivity contribution in [2.24, 2.45) is 0 Å². The lowest BCUT2D eigenvalue weighted by molar-refractivity contribution is 0.171. The van der Waals surface area contributed by atoms with Gasteiger partial charge < -0.3 is 9.84 Å². The topological polar surface area (TPSA) is 42.4 Å². The minimum absolute atomic E-state index is 0.514. The van der Waals surface area contributed by atoms with Gasteiger partial charge in [0, 0.05) is 23.5 Å². The van der Waals surface area contributed by atoms with E-state index in [1.165, 1.54) is 5.56 Å². The van der Waals surface area contributed by atoms with Crippen molar-refractivity contribution in [1.82, 2.24) is 4.98 Å². The van der Waals surface area contributed by atoms with Crippen molar-refractivity contribution in [3.05, 3.63) is 57.3 Å². The van der Waals surface area contributed by atoms with Crippen LogP contribution in [0.1, 0.15) is 28.5 Å². The van der Waals surface area contributed by atoms with Gasteiger partial charge >= 0.3 is 0 Å². The fourth-order valence-electron chi connectivity index (χ4n) is 2.65. The molecule has 1 unspecified atom stereocenters. The van der Waals surface area contributed by atoms with Crippen LogP contribution in [0.25, 0.3) is 0 Å². The number of benzene rings is 1. The van der Waals surface area contributed by atoms with Crippen LogP contribution in [-0.2, 0) is 12.8 Å². The molecule has 0 fully saturated rings. The molecule has 104 valence electrons. The van der Waals surface area contributed by atoms with Gasteiger partial charge in [-0.25, -0.2) is 0 Å². The molecule has 4 heteroatoms. The quantitative estimate of drug-likeness (QED) is 0.936. The van der Waals surface area contributed by atoms with E-state index in [-0.39, 0.29) is 0 Å². The van der Waals surface area contributed by atoms with Gasteiger partial charge in [-0.1, -0.05) is 22.0 Å². The molecule has 0 aliphatic carbocycles. The number of aromatic nitrogens is 1. The molecule has 3 rings (SSSR count). The zero-order valence-electron chi connectivity index (χ0n) is 11.3. The molecule has 1 aromatic heterocycles. The van der Waals surface area contributed by atoms with Crippen molar-refractivity contribution in [1.29, 1.82) is 0 Å². The number of nitrogens with zero attached hydrogens (tertiary/aromatic N) is 1. The number of hydrogen-bond donors (Lipinski definition) is 1. The largest absolute Gasteiger partial charge is 0.493 e. The molecule has 1 aromatic carbocycles. The molecule has 2 aromatic rings. The number of halogens is 1. The maximum Gasteiger partial charge on any atom is 0.125 e. The number of ether oxygens (including phenoxy) is 1. The van der Waals surface area contributed by atoms with Crippen molar-refractivity contribution in [3.8, 4) is 5.75 Å². The lowest BCUT2D eigenvalue weighted by Crippen LogP contribution is -2.07. The molecular formula is C16H16BrNO2. The van der Waals surface area contributed by atoms with Gasteiger partial charge in [0.15, 0.2) is 0 Å². The van der Waals surface area contributed by atoms with Gasteiger partial charge in [0.25, 0.3) is 0 Å². The van der Waals surface area contributed by atoms with E-state index in [2.05, 4.69) is 27.0 Å². The second-order valence-corrected chi connectivity index (χ2v) is 5.99. The van der Waals surface area contributed by atoms with E-state index in [0.29, 0.717) is 6.42 Å². The molecule has 3 nitrogen and oxygen atoms in total. The Balaban J connectivity index is 1.90. The Morgan fingerprint density at radius 3 is 3.10 bits per heavy atom. The Morgan fingerprint density at radius 2 is 2.30 bits per heavy atom. The zero-order chi connectivity index (χ0) is 14.1. The molecule has 0 spiro atoms. The molecule has 0 bridgehead atoms. The van der Waals surface area contributed by atoms with Crippen molar-refractivity contribution in [3.63, 3.8) is 0 Å². The van der Waals surface area contributed by atoms with Crippen molar-refractivity contribution in [2.45, 2.75) is 25.9 Å². The molecule has 1 aliphatic heterocycles. The summed E-state index contributed by atoms with van der Waals surface area (Å²) in [6.45, 7) is 2.69. The third-order valence-electron chi connectivity index (χ3n) is 3.60. The van der Waals surface area contributed by atoms with Gasteiger partial charge in [-0.05, 0) is 41.8 Å². The Morgan fingerprint density at radius 1 is 1.45 bits per heavy atom. The summed E-state index contributed by atoms with van der Waals surface area (Å²) < 4.78 is 6.73. The van der Waals surface area contributed by atoms with E-state index in [9.17, 15) is 5.11 Å². The number of aryl methyl sites for hydroxylation is 1. The van der Waals surface area contributed by atoms with Crippen molar-refractivity contribution in [2.75, 3.05) is 6.61 Å². The Bertz CT molecular complexity index is 642. The summed E-state index contributed by atoms with van der Waals surface area (Å²) in [4.78, 5) is 4.29. The van der Waals surface area contributed by atoms with E-state index in [1.807, 2.05) is 25.1 Å². The van der Waals surface area contributed by atoms with Gasteiger partial charge in [0.05, 0.1) is 12.3 Å². The van der Waals surface area contributed by atoms with E-state index >= 15 is 0 Å². The SMILES string of the molecule is Cc1cccnc1C(O)Cc1cc(Br)cc2c1OCC2. The maximum atomic E-state index is 10.4. The smallest absolute Gasteiger partial charge is 0.125 e. The van der Waals surface area contributed by atoms with Crippen LogP contribution in [0.15, 0.2) is 34.9 Å². The number of aliphatic hydroxyl groups excluding tert-OH is 1. The minimum atomic E-state index is -0.612. The predicted molar refractivity (Wildman–Crippen MR) is 81.0 cm³/mol. The second-order valence-electron chi connectivity index (χ2n) is 5.08. The number of pyridine rings is 1. The molecule has 1 N–H and O–H groups in total. The number of hydrogen-bond acceptors (Lipinski definition) is 3. The lowest BCUT2D eigenvalue weighted by Gasteiger charge is -2.15. The first-order valence-corrected chi connectivity index (χ1v) is 7.48. The number of fused-ring (bicyclic) bond motifs is 1. The Labute approximate surface area is 126 Å². The number of rotatable bonds is 3. The molecule has 0 radical (unpaired) electrons. The minimum Gasteiger partial charge on any atom is -0.493 e. The fourth-order valence-corrected chi connectivity index (χ4v) is 3.20. The van der Waals surface area contributed by atoms with Crippen molar-refractivity contribution < 1.29 is 9.84 Å². The first kappa shape index (κ1) is 13.6. The highest BCUT2D eigenvalue weighted by atomic mass is 79.9. The van der Waals surface area contributed by atoms with Crippen LogP contribution >= 0.6 is 15.9 Å². The third-order valence-corrected chi connectivity index (χ3v) is 4.06. The molecule has 20 heavy (non-hydrogen) atoms. The van der Waals surface area contributed by atoms with Crippen LogP contribution in [0.2, 0.25) is 0 Å². The zero-order valence-corrected chi connectivity index (χ0v) is 12.9. The molecule has 0 amide bonds. The molecule has 1 aliphatic rings. The maximum absolute atomic E-state index is 10.4. The van der Waals surface area contributed by atoms with Crippen LogP contribution in [0.4, 0.5) is 0 Å². The van der Waals surface area contributed by atoms with Gasteiger partial charge in [-0.3, -0.25) is 4.98 Å². The van der Waals surface area contributed by atoms with Crippen LogP contribution < -0.4 is 4.74 Å². The average molecular weight is 334 g/mol. The summed E-state index contributed by atoms with van der Waals surface area (Å²) in [7, 11) is 0. The first-order valence-electron chi connectivity index (χ1n) is 6.69. The summed E-state index contributed by atoms with van der Waals surface area (Å²) >= 11 is 3.52. The summed E-state index contributed by atoms with van der Waals surface area (Å²) in [5, 5.41) is 10.4. The van der Waals surface area contributed by atoms with Crippen LogP contribution in [0.5, 0.6) is 5.75 Å². The van der Waals surface area contributed by atoms with E-state index in [4.69, 9.17) is 4.74 Å². The average Bonchev–Trinajstić information content (AvgIpc) is 2.87.